The Bertz CT molecular complexity index is 644. The van der Waals surface area contributed by atoms with Crippen LogP contribution in [-0.4, -0.2) is 43.2 Å². The highest BCUT2D eigenvalue weighted by Gasteiger charge is 2.14. The summed E-state index contributed by atoms with van der Waals surface area (Å²) in [4.78, 5) is 20.4. The predicted octanol–water partition coefficient (Wildman–Crippen LogP) is 1.11. The zero-order valence-corrected chi connectivity index (χ0v) is 12.5. The number of carbonyl (C=O) groups excluding carboxylic acids is 1. The van der Waals surface area contributed by atoms with E-state index in [-0.39, 0.29) is 17.4 Å². The van der Waals surface area contributed by atoms with Gasteiger partial charge in [0.05, 0.1) is 25.6 Å². The van der Waals surface area contributed by atoms with E-state index in [1.165, 1.54) is 6.20 Å². The number of nitrogen functional groups attached to an aromatic ring is 1. The van der Waals surface area contributed by atoms with Gasteiger partial charge in [-0.05, 0) is 24.3 Å². The number of amides is 1. The fraction of sp³-hybridized carbons (Fsp3) is 0.267. The summed E-state index contributed by atoms with van der Waals surface area (Å²) in [6, 6.07) is 7.30. The lowest BCUT2D eigenvalue weighted by Crippen LogP contribution is -2.29. The number of anilines is 1. The Hall–Kier alpha value is -2.67. The molecule has 0 unspecified atom stereocenters. The average Bonchev–Trinajstić information content (AvgIpc) is 2.55. The van der Waals surface area contributed by atoms with Crippen molar-refractivity contribution < 1.29 is 14.3 Å². The highest BCUT2D eigenvalue weighted by atomic mass is 16.5. The van der Waals surface area contributed by atoms with Crippen LogP contribution in [0.4, 0.5) is 5.82 Å². The minimum atomic E-state index is -0.377. The molecule has 1 aromatic carbocycles. The van der Waals surface area contributed by atoms with Crippen LogP contribution in [0.5, 0.6) is 5.75 Å². The van der Waals surface area contributed by atoms with Crippen molar-refractivity contribution >= 4 is 11.7 Å². The van der Waals surface area contributed by atoms with Gasteiger partial charge in [0.25, 0.3) is 5.91 Å². The molecule has 116 valence electrons. The Morgan fingerprint density at radius 3 is 2.64 bits per heavy atom. The molecule has 0 atom stereocenters. The Morgan fingerprint density at radius 1 is 1.27 bits per heavy atom. The normalized spacial score (nSPS) is 10.3. The van der Waals surface area contributed by atoms with Crippen LogP contribution < -0.4 is 15.8 Å². The molecule has 0 aliphatic heterocycles. The van der Waals surface area contributed by atoms with Gasteiger partial charge in [0, 0.05) is 19.2 Å². The number of nitrogens with two attached hydrogens (primary N) is 1. The van der Waals surface area contributed by atoms with Crippen molar-refractivity contribution in [1.82, 2.24) is 15.3 Å². The van der Waals surface area contributed by atoms with Crippen LogP contribution in [0.3, 0.4) is 0 Å². The third-order valence-corrected chi connectivity index (χ3v) is 2.99. The Balaban J connectivity index is 2.23. The number of hydrogen-bond acceptors (Lipinski definition) is 6. The molecule has 0 spiro atoms. The van der Waals surface area contributed by atoms with Crippen molar-refractivity contribution in [3.8, 4) is 17.0 Å². The van der Waals surface area contributed by atoms with E-state index in [1.54, 1.807) is 14.2 Å². The Kier molecular flexibility index (Phi) is 5.26. The van der Waals surface area contributed by atoms with Gasteiger partial charge in [-0.25, -0.2) is 9.97 Å². The van der Waals surface area contributed by atoms with Gasteiger partial charge in [-0.1, -0.05) is 0 Å². The maximum absolute atomic E-state index is 12.1. The lowest BCUT2D eigenvalue weighted by Gasteiger charge is -2.08. The van der Waals surface area contributed by atoms with E-state index in [4.69, 9.17) is 15.2 Å². The van der Waals surface area contributed by atoms with Gasteiger partial charge in [-0.15, -0.1) is 0 Å². The van der Waals surface area contributed by atoms with Gasteiger partial charge in [0.1, 0.15) is 5.75 Å². The van der Waals surface area contributed by atoms with Crippen LogP contribution in [0.15, 0.2) is 30.5 Å². The predicted molar refractivity (Wildman–Crippen MR) is 82.6 cm³/mol. The van der Waals surface area contributed by atoms with Crippen molar-refractivity contribution in [3.63, 3.8) is 0 Å². The molecule has 0 saturated heterocycles. The summed E-state index contributed by atoms with van der Waals surface area (Å²) in [5, 5.41) is 2.67. The standard InChI is InChI=1S/C15H18N4O3/c1-21-8-7-17-15(20)13-14(16)18-9-12(19-13)10-3-5-11(22-2)6-4-10/h3-6,9H,7-8H2,1-2H3,(H2,16,18)(H,17,20). The smallest absolute Gasteiger partial charge is 0.273 e. The van der Waals surface area contributed by atoms with Gasteiger partial charge in [0.15, 0.2) is 11.5 Å². The lowest BCUT2D eigenvalue weighted by molar-refractivity contribution is 0.0933. The first kappa shape index (κ1) is 15.7. The highest BCUT2D eigenvalue weighted by molar-refractivity contribution is 5.96. The molecule has 0 fully saturated rings. The SMILES string of the molecule is COCCNC(=O)c1nc(-c2ccc(OC)cc2)cnc1N. The van der Waals surface area contributed by atoms with E-state index in [1.807, 2.05) is 24.3 Å². The fourth-order valence-electron chi connectivity index (χ4n) is 1.82. The first-order valence-corrected chi connectivity index (χ1v) is 6.69. The first-order valence-electron chi connectivity index (χ1n) is 6.69. The summed E-state index contributed by atoms with van der Waals surface area (Å²) in [6.07, 6.45) is 1.53. The molecule has 7 heteroatoms. The second-order valence-corrected chi connectivity index (χ2v) is 4.47. The molecule has 1 aromatic heterocycles. The van der Waals surface area contributed by atoms with Crippen LogP contribution in [-0.2, 0) is 4.74 Å². The van der Waals surface area contributed by atoms with Gasteiger partial charge in [0.2, 0.25) is 0 Å². The number of nitrogens with one attached hydrogen (secondary N) is 1. The number of hydrogen-bond donors (Lipinski definition) is 2. The van der Waals surface area contributed by atoms with E-state index >= 15 is 0 Å². The molecule has 0 saturated carbocycles. The van der Waals surface area contributed by atoms with Crippen molar-refractivity contribution in [2.75, 3.05) is 33.1 Å². The second kappa shape index (κ2) is 7.37. The quantitative estimate of drug-likeness (QED) is 0.775. The van der Waals surface area contributed by atoms with Crippen molar-refractivity contribution in [2.45, 2.75) is 0 Å². The molecule has 2 aromatic rings. The molecular formula is C15H18N4O3. The van der Waals surface area contributed by atoms with Crippen LogP contribution in [0.25, 0.3) is 11.3 Å². The Labute approximate surface area is 128 Å². The van der Waals surface area contributed by atoms with Crippen LogP contribution >= 0.6 is 0 Å². The summed E-state index contributed by atoms with van der Waals surface area (Å²) >= 11 is 0. The van der Waals surface area contributed by atoms with Crippen LogP contribution in [0.1, 0.15) is 10.5 Å². The zero-order valence-electron chi connectivity index (χ0n) is 12.5. The van der Waals surface area contributed by atoms with Gasteiger partial charge in [-0.2, -0.15) is 0 Å². The third kappa shape index (κ3) is 3.70. The summed E-state index contributed by atoms with van der Waals surface area (Å²) in [7, 11) is 3.16. The molecular weight excluding hydrogens is 284 g/mol. The lowest BCUT2D eigenvalue weighted by atomic mass is 10.1. The number of benzene rings is 1. The van der Waals surface area contributed by atoms with Gasteiger partial charge in [-0.3, -0.25) is 4.79 Å². The van der Waals surface area contributed by atoms with E-state index in [9.17, 15) is 4.79 Å². The number of ether oxygens (including phenoxy) is 2. The number of nitrogens with zero attached hydrogens (tertiary/aromatic N) is 2. The number of aromatic nitrogens is 2. The number of methoxy groups -OCH3 is 2. The molecule has 0 radical (unpaired) electrons. The van der Waals surface area contributed by atoms with Crippen LogP contribution in [0.2, 0.25) is 0 Å². The van der Waals surface area contributed by atoms with Gasteiger partial charge >= 0.3 is 0 Å². The first-order chi connectivity index (χ1) is 10.7. The minimum Gasteiger partial charge on any atom is -0.497 e. The fourth-order valence-corrected chi connectivity index (χ4v) is 1.82. The van der Waals surface area contributed by atoms with Gasteiger partial charge < -0.3 is 20.5 Å². The van der Waals surface area contributed by atoms with E-state index in [0.717, 1.165) is 11.3 Å². The van der Waals surface area contributed by atoms with Crippen molar-refractivity contribution in [2.24, 2.45) is 0 Å². The molecule has 0 bridgehead atoms. The monoisotopic (exact) mass is 302 g/mol. The van der Waals surface area contributed by atoms with Crippen LogP contribution in [0, 0.1) is 0 Å². The maximum Gasteiger partial charge on any atom is 0.273 e. The topological polar surface area (TPSA) is 99.4 Å². The maximum atomic E-state index is 12.1. The van der Waals surface area contributed by atoms with E-state index < -0.39 is 0 Å². The summed E-state index contributed by atoms with van der Waals surface area (Å²) in [5.74, 6) is 0.453. The average molecular weight is 302 g/mol. The molecule has 2 rings (SSSR count). The molecule has 0 aliphatic rings. The van der Waals surface area contributed by atoms with E-state index in [0.29, 0.717) is 18.8 Å². The summed E-state index contributed by atoms with van der Waals surface area (Å²) in [6.45, 7) is 0.792. The number of carbonyl (C=O) groups is 1. The Morgan fingerprint density at radius 2 is 2.00 bits per heavy atom. The molecule has 1 heterocycles. The summed E-state index contributed by atoms with van der Waals surface area (Å²) < 4.78 is 9.99. The number of rotatable bonds is 6. The highest BCUT2D eigenvalue weighted by Crippen LogP contribution is 2.21. The zero-order chi connectivity index (χ0) is 15.9. The molecule has 1 amide bonds. The molecule has 22 heavy (non-hydrogen) atoms. The molecule has 0 aliphatic carbocycles. The third-order valence-electron chi connectivity index (χ3n) is 2.99. The minimum absolute atomic E-state index is 0.0900. The summed E-state index contributed by atoms with van der Waals surface area (Å²) in [5.41, 5.74) is 7.22. The van der Waals surface area contributed by atoms with Crippen molar-refractivity contribution in [1.29, 1.82) is 0 Å². The van der Waals surface area contributed by atoms with Crippen molar-refractivity contribution in [3.05, 3.63) is 36.2 Å². The second-order valence-electron chi connectivity index (χ2n) is 4.47. The molecule has 3 N–H and O–H groups in total. The van der Waals surface area contributed by atoms with E-state index in [2.05, 4.69) is 15.3 Å². The molecule has 7 nitrogen and oxygen atoms in total. The largest absolute Gasteiger partial charge is 0.497 e.